The molecule has 0 N–H and O–H groups in total. The van der Waals surface area contributed by atoms with Crippen molar-refractivity contribution in [3.63, 3.8) is 0 Å². The zero-order valence-electron chi connectivity index (χ0n) is 8.25. The number of methoxy groups -OCH3 is 1. The monoisotopic (exact) mass is 219 g/mol. The summed E-state index contributed by atoms with van der Waals surface area (Å²) < 4.78 is 44.9. The van der Waals surface area contributed by atoms with E-state index in [1.807, 2.05) is 0 Å². The minimum atomic E-state index is -4.87. The van der Waals surface area contributed by atoms with Crippen molar-refractivity contribution < 1.29 is 22.4 Å². The molecule has 0 aliphatic rings. The topological polar surface area (TPSA) is 18.5 Å². The van der Waals surface area contributed by atoms with Gasteiger partial charge in [-0.05, 0) is 17.7 Å². The molecule has 0 heterocycles. The maximum Gasteiger partial charge on any atom is 0.503 e. The average molecular weight is 219 g/mol. The molecule has 6 heteroatoms. The average Bonchev–Trinajstić information content (AvgIpc) is 2.16. The zero-order valence-corrected chi connectivity index (χ0v) is 8.25. The van der Waals surface area contributed by atoms with Gasteiger partial charge in [-0.15, -0.1) is 0 Å². The Labute approximate surface area is 86.1 Å². The first-order valence-corrected chi connectivity index (χ1v) is 4.43. The summed E-state index contributed by atoms with van der Waals surface area (Å²) in [6, 6.07) is 6.75. The van der Waals surface area contributed by atoms with Crippen LogP contribution in [0.25, 0.3) is 0 Å². The Morgan fingerprint density at radius 1 is 1.27 bits per heavy atom. The normalized spacial score (nSPS) is 11.5. The molecule has 0 saturated heterocycles. The molecule has 0 atom stereocenters. The molecule has 1 rings (SSSR count). The van der Waals surface area contributed by atoms with Crippen LogP contribution in [0.15, 0.2) is 24.3 Å². The lowest BCUT2D eigenvalue weighted by molar-refractivity contribution is 0.137. The van der Waals surface area contributed by atoms with Crippen LogP contribution in [0.3, 0.4) is 0 Å². The van der Waals surface area contributed by atoms with Gasteiger partial charge in [-0.25, -0.2) is 0 Å². The second kappa shape index (κ2) is 5.07. The number of halogens is 3. The molecule has 0 amide bonds. The van der Waals surface area contributed by atoms with E-state index in [1.54, 1.807) is 24.3 Å². The first kappa shape index (κ1) is 11.9. The van der Waals surface area contributed by atoms with Crippen molar-refractivity contribution in [1.29, 1.82) is 0 Å². The lowest BCUT2D eigenvalue weighted by Gasteiger charge is -2.14. The lowest BCUT2D eigenvalue weighted by atomic mass is 9.95. The van der Waals surface area contributed by atoms with Gasteiger partial charge in [0.05, 0.1) is 13.7 Å². The molecule has 0 radical (unpaired) electrons. The van der Waals surface area contributed by atoms with Crippen molar-refractivity contribution in [3.05, 3.63) is 29.8 Å². The Balaban J connectivity index is 2.44. The van der Waals surface area contributed by atoms with Crippen molar-refractivity contribution in [2.45, 2.75) is 6.61 Å². The van der Waals surface area contributed by atoms with Gasteiger partial charge >= 0.3 is 6.98 Å². The molecular formula is C9H11BF3O2-. The van der Waals surface area contributed by atoms with Crippen LogP contribution in [0.5, 0.6) is 5.75 Å². The molecule has 0 aliphatic heterocycles. The Hall–Kier alpha value is -1.17. The van der Waals surface area contributed by atoms with Gasteiger partial charge in [0.25, 0.3) is 0 Å². The minimum absolute atomic E-state index is 0.0571. The smallest absolute Gasteiger partial charge is 0.497 e. The fourth-order valence-corrected chi connectivity index (χ4v) is 1.07. The maximum absolute atomic E-state index is 11.8. The quantitative estimate of drug-likeness (QED) is 0.708. The van der Waals surface area contributed by atoms with Gasteiger partial charge < -0.3 is 22.4 Å². The second-order valence-electron chi connectivity index (χ2n) is 3.08. The Bertz CT molecular complexity index is 314. The minimum Gasteiger partial charge on any atom is -0.497 e. The molecule has 0 spiro atoms. The number of hydrogen-bond donors (Lipinski definition) is 0. The van der Waals surface area contributed by atoms with Crippen LogP contribution in [-0.2, 0) is 11.3 Å². The highest BCUT2D eigenvalue weighted by Gasteiger charge is 2.22. The van der Waals surface area contributed by atoms with Crippen LogP contribution >= 0.6 is 0 Å². The number of hydrogen-bond acceptors (Lipinski definition) is 2. The standard InChI is InChI=1S/C9H11BF3O2/c1-14-9-4-2-3-8(5-9)6-15-7-10(11,12)13/h2-5H,6-7H2,1H3/q-1. The summed E-state index contributed by atoms with van der Waals surface area (Å²) in [4.78, 5) is 0. The number of ether oxygens (including phenoxy) is 2. The molecule has 15 heavy (non-hydrogen) atoms. The summed E-state index contributed by atoms with van der Waals surface area (Å²) in [5.74, 6) is 0.605. The van der Waals surface area contributed by atoms with Crippen molar-refractivity contribution in [1.82, 2.24) is 0 Å². The van der Waals surface area contributed by atoms with E-state index in [-0.39, 0.29) is 6.61 Å². The highest BCUT2D eigenvalue weighted by atomic mass is 19.4. The van der Waals surface area contributed by atoms with Gasteiger partial charge in [0, 0.05) is 6.51 Å². The summed E-state index contributed by atoms with van der Waals surface area (Å²) in [6.45, 7) is -6.09. The molecule has 1 aromatic rings. The van der Waals surface area contributed by atoms with E-state index in [0.29, 0.717) is 11.3 Å². The summed E-state index contributed by atoms with van der Waals surface area (Å²) in [5, 5.41) is 0. The van der Waals surface area contributed by atoms with E-state index in [4.69, 9.17) is 4.74 Å². The van der Waals surface area contributed by atoms with Gasteiger partial charge in [-0.2, -0.15) is 0 Å². The summed E-state index contributed by atoms with van der Waals surface area (Å²) in [7, 11) is 1.50. The third kappa shape index (κ3) is 4.74. The Morgan fingerprint density at radius 2 is 2.00 bits per heavy atom. The van der Waals surface area contributed by atoms with Gasteiger partial charge in [0.1, 0.15) is 5.75 Å². The van der Waals surface area contributed by atoms with Crippen LogP contribution in [0.2, 0.25) is 0 Å². The summed E-state index contributed by atoms with van der Waals surface area (Å²) >= 11 is 0. The SMILES string of the molecule is COc1cccc(COC[B-](F)(F)F)c1. The van der Waals surface area contributed by atoms with Gasteiger partial charge in [0.2, 0.25) is 0 Å². The van der Waals surface area contributed by atoms with E-state index in [0.717, 1.165) is 0 Å². The van der Waals surface area contributed by atoms with E-state index >= 15 is 0 Å². The predicted octanol–water partition coefficient (Wildman–Crippen LogP) is 2.60. The third-order valence-corrected chi connectivity index (χ3v) is 1.71. The third-order valence-electron chi connectivity index (χ3n) is 1.71. The van der Waals surface area contributed by atoms with Crippen LogP contribution in [0, 0.1) is 0 Å². The van der Waals surface area contributed by atoms with Crippen LogP contribution < -0.4 is 4.74 Å². The van der Waals surface area contributed by atoms with Crippen molar-refractivity contribution >= 4 is 6.98 Å². The van der Waals surface area contributed by atoms with Gasteiger partial charge in [-0.3, -0.25) is 0 Å². The van der Waals surface area contributed by atoms with E-state index in [1.165, 1.54) is 7.11 Å². The predicted molar refractivity (Wildman–Crippen MR) is 51.7 cm³/mol. The molecule has 0 fully saturated rings. The lowest BCUT2D eigenvalue weighted by Crippen LogP contribution is -2.23. The first-order valence-electron chi connectivity index (χ1n) is 4.43. The molecule has 0 aromatic heterocycles. The number of rotatable bonds is 5. The van der Waals surface area contributed by atoms with Crippen molar-refractivity contribution in [3.8, 4) is 5.75 Å². The Morgan fingerprint density at radius 3 is 2.60 bits per heavy atom. The first-order chi connectivity index (χ1) is 7.01. The fourth-order valence-electron chi connectivity index (χ4n) is 1.07. The highest BCUT2D eigenvalue weighted by molar-refractivity contribution is 6.58. The molecule has 0 bridgehead atoms. The Kier molecular flexibility index (Phi) is 4.02. The summed E-state index contributed by atoms with van der Waals surface area (Å²) in [6.07, 6.45) is 0. The van der Waals surface area contributed by atoms with Gasteiger partial charge in [-0.1, -0.05) is 12.1 Å². The molecular weight excluding hydrogens is 208 g/mol. The van der Waals surface area contributed by atoms with Crippen molar-refractivity contribution in [2.24, 2.45) is 0 Å². The largest absolute Gasteiger partial charge is 0.503 e. The van der Waals surface area contributed by atoms with Crippen molar-refractivity contribution in [2.75, 3.05) is 13.6 Å². The molecule has 84 valence electrons. The molecule has 2 nitrogen and oxygen atoms in total. The zero-order chi connectivity index (χ0) is 11.3. The van der Waals surface area contributed by atoms with Crippen LogP contribution in [0.4, 0.5) is 12.9 Å². The van der Waals surface area contributed by atoms with E-state index in [2.05, 4.69) is 4.74 Å². The second-order valence-corrected chi connectivity index (χ2v) is 3.08. The van der Waals surface area contributed by atoms with E-state index in [9.17, 15) is 12.9 Å². The number of benzene rings is 1. The molecule has 1 aromatic carbocycles. The highest BCUT2D eigenvalue weighted by Crippen LogP contribution is 2.14. The molecule has 0 aliphatic carbocycles. The van der Waals surface area contributed by atoms with Crippen LogP contribution in [-0.4, -0.2) is 20.6 Å². The van der Waals surface area contributed by atoms with E-state index < -0.39 is 13.5 Å². The molecule has 0 unspecified atom stereocenters. The molecule has 0 saturated carbocycles. The van der Waals surface area contributed by atoms with Gasteiger partial charge in [0.15, 0.2) is 0 Å². The summed E-state index contributed by atoms with van der Waals surface area (Å²) in [5.41, 5.74) is 0.661. The maximum atomic E-state index is 11.8. The van der Waals surface area contributed by atoms with Crippen LogP contribution in [0.1, 0.15) is 5.56 Å². The fraction of sp³-hybridized carbons (Fsp3) is 0.333.